The first-order valence-corrected chi connectivity index (χ1v) is 7.23. The molecule has 1 aliphatic rings. The molecule has 17 heavy (non-hydrogen) atoms. The van der Waals surface area contributed by atoms with Crippen molar-refractivity contribution >= 4 is 10.0 Å². The standard InChI is InChI=1S/C10H17N3O3S/c1-10-7-11-12(8-10)3-2-4-13-5-6-16-9-17(13,14)15/h7-8H,2-6,9H2,1H3. The van der Waals surface area contributed by atoms with Crippen molar-refractivity contribution in [1.29, 1.82) is 0 Å². The lowest BCUT2D eigenvalue weighted by molar-refractivity contribution is 0.131. The van der Waals surface area contributed by atoms with Crippen LogP contribution in [0.2, 0.25) is 0 Å². The topological polar surface area (TPSA) is 64.4 Å². The fourth-order valence-electron chi connectivity index (χ4n) is 1.79. The molecular formula is C10H17N3O3S. The molecule has 2 heterocycles. The van der Waals surface area contributed by atoms with Crippen LogP contribution >= 0.6 is 0 Å². The highest BCUT2D eigenvalue weighted by molar-refractivity contribution is 7.88. The van der Waals surface area contributed by atoms with Crippen LogP contribution in [-0.2, 0) is 21.3 Å². The van der Waals surface area contributed by atoms with Gasteiger partial charge < -0.3 is 4.74 Å². The zero-order chi connectivity index (χ0) is 12.3. The summed E-state index contributed by atoms with van der Waals surface area (Å²) in [6, 6.07) is 0. The van der Waals surface area contributed by atoms with Crippen LogP contribution in [-0.4, -0.2) is 48.1 Å². The number of rotatable bonds is 4. The van der Waals surface area contributed by atoms with Gasteiger partial charge in [-0.1, -0.05) is 0 Å². The van der Waals surface area contributed by atoms with Gasteiger partial charge in [0, 0.05) is 25.8 Å². The van der Waals surface area contributed by atoms with Gasteiger partial charge in [0.25, 0.3) is 0 Å². The molecular weight excluding hydrogens is 242 g/mol. The predicted molar refractivity (Wildman–Crippen MR) is 62.9 cm³/mol. The minimum absolute atomic E-state index is 0.187. The molecule has 0 amide bonds. The summed E-state index contributed by atoms with van der Waals surface area (Å²) in [5.41, 5.74) is 1.11. The molecule has 0 atom stereocenters. The Morgan fingerprint density at radius 3 is 2.94 bits per heavy atom. The maximum Gasteiger partial charge on any atom is 0.238 e. The molecule has 1 aromatic rings. The van der Waals surface area contributed by atoms with Crippen LogP contribution in [0.1, 0.15) is 12.0 Å². The Morgan fingerprint density at radius 2 is 2.29 bits per heavy atom. The van der Waals surface area contributed by atoms with Gasteiger partial charge in [-0.3, -0.25) is 4.68 Å². The summed E-state index contributed by atoms with van der Waals surface area (Å²) in [4.78, 5) is 0. The molecule has 1 fully saturated rings. The molecule has 96 valence electrons. The van der Waals surface area contributed by atoms with E-state index in [0.29, 0.717) is 19.7 Å². The van der Waals surface area contributed by atoms with Gasteiger partial charge in [0.1, 0.15) is 0 Å². The second kappa shape index (κ2) is 5.16. The Bertz CT molecular complexity index is 469. The lowest BCUT2D eigenvalue weighted by atomic mass is 10.4. The van der Waals surface area contributed by atoms with E-state index in [-0.39, 0.29) is 5.94 Å². The number of sulfonamides is 1. The molecule has 0 saturated carbocycles. The summed E-state index contributed by atoms with van der Waals surface area (Å²) >= 11 is 0. The van der Waals surface area contributed by atoms with E-state index in [0.717, 1.165) is 18.5 Å². The van der Waals surface area contributed by atoms with E-state index in [1.165, 1.54) is 4.31 Å². The second-order valence-electron chi connectivity index (χ2n) is 4.17. The highest BCUT2D eigenvalue weighted by Crippen LogP contribution is 2.09. The maximum absolute atomic E-state index is 11.6. The van der Waals surface area contributed by atoms with Gasteiger partial charge in [-0.05, 0) is 18.9 Å². The summed E-state index contributed by atoms with van der Waals surface area (Å²) in [5, 5.41) is 4.16. The summed E-state index contributed by atoms with van der Waals surface area (Å²) in [7, 11) is -3.19. The lowest BCUT2D eigenvalue weighted by Gasteiger charge is -2.26. The SMILES string of the molecule is Cc1cnn(CCCN2CCOCS2(=O)=O)c1. The first-order chi connectivity index (χ1) is 8.08. The number of aryl methyl sites for hydroxylation is 2. The molecule has 0 bridgehead atoms. The van der Waals surface area contributed by atoms with Gasteiger partial charge in [-0.15, -0.1) is 0 Å². The molecule has 1 saturated heterocycles. The van der Waals surface area contributed by atoms with Crippen molar-refractivity contribution in [3.05, 3.63) is 18.0 Å². The van der Waals surface area contributed by atoms with E-state index >= 15 is 0 Å². The summed E-state index contributed by atoms with van der Waals surface area (Å²) in [6.07, 6.45) is 4.51. The molecule has 1 aromatic heterocycles. The Kier molecular flexibility index (Phi) is 3.80. The number of hydrogen-bond donors (Lipinski definition) is 0. The van der Waals surface area contributed by atoms with Crippen LogP contribution in [0, 0.1) is 6.92 Å². The van der Waals surface area contributed by atoms with E-state index in [2.05, 4.69) is 5.10 Å². The molecule has 0 radical (unpaired) electrons. The van der Waals surface area contributed by atoms with Gasteiger partial charge in [-0.2, -0.15) is 9.40 Å². The summed E-state index contributed by atoms with van der Waals surface area (Å²) < 4.78 is 31.5. The third-order valence-corrected chi connectivity index (χ3v) is 4.28. The van der Waals surface area contributed by atoms with Crippen LogP contribution in [0.4, 0.5) is 0 Å². The lowest BCUT2D eigenvalue weighted by Crippen LogP contribution is -2.41. The van der Waals surface area contributed by atoms with Crippen LogP contribution in [0.5, 0.6) is 0 Å². The number of hydrogen-bond acceptors (Lipinski definition) is 4. The van der Waals surface area contributed by atoms with Gasteiger partial charge >= 0.3 is 0 Å². The average Bonchev–Trinajstić information content (AvgIpc) is 2.67. The molecule has 1 aliphatic heterocycles. The van der Waals surface area contributed by atoms with Crippen LogP contribution < -0.4 is 0 Å². The highest BCUT2D eigenvalue weighted by Gasteiger charge is 2.25. The average molecular weight is 259 g/mol. The van der Waals surface area contributed by atoms with Crippen molar-refractivity contribution in [2.45, 2.75) is 19.9 Å². The van der Waals surface area contributed by atoms with Crippen LogP contribution in [0.3, 0.4) is 0 Å². The fourth-order valence-corrected chi connectivity index (χ4v) is 3.03. The first kappa shape index (κ1) is 12.5. The smallest absolute Gasteiger partial charge is 0.238 e. The first-order valence-electron chi connectivity index (χ1n) is 5.62. The second-order valence-corrected chi connectivity index (χ2v) is 6.09. The van der Waals surface area contributed by atoms with Crippen molar-refractivity contribution in [3.63, 3.8) is 0 Å². The Morgan fingerprint density at radius 1 is 1.47 bits per heavy atom. The van der Waals surface area contributed by atoms with Crippen molar-refractivity contribution < 1.29 is 13.2 Å². The summed E-state index contributed by atoms with van der Waals surface area (Å²) in [5.74, 6) is -0.187. The van der Waals surface area contributed by atoms with Crippen molar-refractivity contribution in [2.75, 3.05) is 25.6 Å². The third-order valence-electron chi connectivity index (χ3n) is 2.67. The number of ether oxygens (including phenoxy) is 1. The van der Waals surface area contributed by atoms with E-state index < -0.39 is 10.0 Å². The zero-order valence-corrected chi connectivity index (χ0v) is 10.7. The maximum atomic E-state index is 11.6. The molecule has 0 aromatic carbocycles. The van der Waals surface area contributed by atoms with E-state index in [4.69, 9.17) is 4.74 Å². The minimum Gasteiger partial charge on any atom is -0.363 e. The van der Waals surface area contributed by atoms with Gasteiger partial charge in [0.05, 0.1) is 12.8 Å². The monoisotopic (exact) mass is 259 g/mol. The third kappa shape index (κ3) is 3.27. The van der Waals surface area contributed by atoms with Crippen LogP contribution in [0.15, 0.2) is 12.4 Å². The van der Waals surface area contributed by atoms with Crippen molar-refractivity contribution in [3.8, 4) is 0 Å². The minimum atomic E-state index is -3.19. The van der Waals surface area contributed by atoms with Gasteiger partial charge in [0.15, 0.2) is 5.94 Å². The predicted octanol–water partition coefficient (Wildman–Crippen LogP) is 0.201. The molecule has 0 spiro atoms. The molecule has 0 aliphatic carbocycles. The largest absolute Gasteiger partial charge is 0.363 e. The molecule has 2 rings (SSSR count). The molecule has 6 nitrogen and oxygen atoms in total. The normalized spacial score (nSPS) is 20.5. The van der Waals surface area contributed by atoms with Crippen LogP contribution in [0.25, 0.3) is 0 Å². The van der Waals surface area contributed by atoms with Crippen molar-refractivity contribution in [1.82, 2.24) is 14.1 Å². The molecule has 7 heteroatoms. The van der Waals surface area contributed by atoms with Crippen molar-refractivity contribution in [2.24, 2.45) is 0 Å². The summed E-state index contributed by atoms with van der Waals surface area (Å²) in [6.45, 7) is 4.20. The Hall–Kier alpha value is -0.920. The molecule has 0 N–H and O–H groups in total. The Labute approximate surface area is 101 Å². The van der Waals surface area contributed by atoms with E-state index in [9.17, 15) is 8.42 Å². The quantitative estimate of drug-likeness (QED) is 0.775. The number of nitrogens with zero attached hydrogens (tertiary/aromatic N) is 3. The highest BCUT2D eigenvalue weighted by atomic mass is 32.2. The van der Waals surface area contributed by atoms with Gasteiger partial charge in [0.2, 0.25) is 10.0 Å². The van der Waals surface area contributed by atoms with E-state index in [1.54, 1.807) is 6.20 Å². The zero-order valence-electron chi connectivity index (χ0n) is 9.87. The number of aromatic nitrogens is 2. The molecule has 0 unspecified atom stereocenters. The van der Waals surface area contributed by atoms with Gasteiger partial charge in [-0.25, -0.2) is 8.42 Å². The Balaban J connectivity index is 1.82. The fraction of sp³-hybridized carbons (Fsp3) is 0.700. The van der Waals surface area contributed by atoms with E-state index in [1.807, 2.05) is 17.8 Å².